The molecule has 208 valence electrons. The Morgan fingerprint density at radius 1 is 1.15 bits per heavy atom. The van der Waals surface area contributed by atoms with Gasteiger partial charge in [0.05, 0.1) is 31.4 Å². The average molecular weight is 536 g/mol. The lowest BCUT2D eigenvalue weighted by molar-refractivity contribution is -0.140. The second kappa shape index (κ2) is 11.3. The van der Waals surface area contributed by atoms with Gasteiger partial charge in [0.1, 0.15) is 17.6 Å². The van der Waals surface area contributed by atoms with Gasteiger partial charge in [-0.1, -0.05) is 19.9 Å². The first-order valence-electron chi connectivity index (χ1n) is 13.8. The zero-order chi connectivity index (χ0) is 27.7. The molecule has 3 heterocycles. The van der Waals surface area contributed by atoms with E-state index in [0.29, 0.717) is 48.2 Å². The van der Waals surface area contributed by atoms with Crippen molar-refractivity contribution in [1.29, 1.82) is 0 Å². The highest BCUT2D eigenvalue weighted by Gasteiger charge is 2.47. The van der Waals surface area contributed by atoms with E-state index in [4.69, 9.17) is 18.9 Å². The summed E-state index contributed by atoms with van der Waals surface area (Å²) in [6, 6.07) is 9.99. The molecule has 3 unspecified atom stereocenters. The zero-order valence-electron chi connectivity index (χ0n) is 23.1. The lowest BCUT2D eigenvalue weighted by atomic mass is 9.94. The molecule has 0 aliphatic carbocycles. The Hall–Kier alpha value is -3.52. The van der Waals surface area contributed by atoms with Gasteiger partial charge in [0.2, 0.25) is 0 Å². The van der Waals surface area contributed by atoms with Crippen LogP contribution in [0, 0.1) is 5.92 Å². The predicted molar refractivity (Wildman–Crippen MR) is 146 cm³/mol. The number of rotatable bonds is 9. The van der Waals surface area contributed by atoms with Gasteiger partial charge in [0.25, 0.3) is 11.7 Å². The fourth-order valence-corrected chi connectivity index (χ4v) is 5.53. The highest BCUT2D eigenvalue weighted by Crippen LogP contribution is 2.43. The molecule has 1 N–H and O–H groups in total. The molecular weight excluding hydrogens is 498 g/mol. The van der Waals surface area contributed by atoms with Gasteiger partial charge < -0.3 is 29.0 Å². The molecular formula is C31H37NO7. The van der Waals surface area contributed by atoms with Crippen molar-refractivity contribution in [3.63, 3.8) is 0 Å². The zero-order valence-corrected chi connectivity index (χ0v) is 23.1. The number of aliphatic hydroxyl groups excluding tert-OH is 1. The molecule has 0 aromatic heterocycles. The van der Waals surface area contributed by atoms with Crippen LogP contribution in [0.4, 0.5) is 0 Å². The quantitative estimate of drug-likeness (QED) is 0.273. The smallest absolute Gasteiger partial charge is 0.295 e. The van der Waals surface area contributed by atoms with Crippen molar-refractivity contribution < 1.29 is 33.6 Å². The Balaban J connectivity index is 1.56. The van der Waals surface area contributed by atoms with Crippen LogP contribution in [0.5, 0.6) is 17.2 Å². The van der Waals surface area contributed by atoms with E-state index in [2.05, 4.69) is 13.8 Å². The van der Waals surface area contributed by atoms with Gasteiger partial charge in [-0.15, -0.1) is 0 Å². The topological polar surface area (TPSA) is 94.5 Å². The summed E-state index contributed by atoms with van der Waals surface area (Å²) in [4.78, 5) is 28.4. The van der Waals surface area contributed by atoms with Crippen LogP contribution >= 0.6 is 0 Å². The number of fused-ring (bicyclic) bond motifs is 1. The summed E-state index contributed by atoms with van der Waals surface area (Å²) in [7, 11) is 1.56. The second-order valence-corrected chi connectivity index (χ2v) is 11.0. The van der Waals surface area contributed by atoms with Gasteiger partial charge >= 0.3 is 0 Å². The minimum absolute atomic E-state index is 0.0446. The first-order valence-corrected chi connectivity index (χ1v) is 13.8. The number of methoxy groups -OCH3 is 1. The lowest BCUT2D eigenvalue weighted by Gasteiger charge is -2.28. The minimum Gasteiger partial charge on any atom is -0.507 e. The molecule has 5 rings (SSSR count). The number of benzene rings is 2. The highest BCUT2D eigenvalue weighted by atomic mass is 16.5. The Morgan fingerprint density at radius 3 is 2.69 bits per heavy atom. The van der Waals surface area contributed by atoms with Crippen molar-refractivity contribution in [2.45, 2.75) is 64.7 Å². The van der Waals surface area contributed by atoms with Gasteiger partial charge in [-0.25, -0.2) is 0 Å². The summed E-state index contributed by atoms with van der Waals surface area (Å²) in [6.07, 6.45) is 3.21. The molecule has 3 aliphatic rings. The number of amides is 1. The van der Waals surface area contributed by atoms with Gasteiger partial charge in [0, 0.05) is 25.1 Å². The van der Waals surface area contributed by atoms with Gasteiger partial charge in [-0.2, -0.15) is 0 Å². The van der Waals surface area contributed by atoms with Crippen molar-refractivity contribution in [2.75, 3.05) is 26.9 Å². The first kappa shape index (κ1) is 27.1. The fourth-order valence-electron chi connectivity index (χ4n) is 5.53. The number of ether oxygens (including phenoxy) is 4. The van der Waals surface area contributed by atoms with E-state index in [0.717, 1.165) is 30.6 Å². The second-order valence-electron chi connectivity index (χ2n) is 11.0. The van der Waals surface area contributed by atoms with E-state index in [1.165, 1.54) is 4.90 Å². The Bertz CT molecular complexity index is 1280. The number of likely N-dealkylation sites (tertiary alicyclic amines) is 1. The van der Waals surface area contributed by atoms with Crippen molar-refractivity contribution in [2.24, 2.45) is 5.92 Å². The number of ketones is 1. The summed E-state index contributed by atoms with van der Waals surface area (Å²) < 4.78 is 23.2. The number of hydrogen-bond acceptors (Lipinski definition) is 7. The van der Waals surface area contributed by atoms with Crippen LogP contribution < -0.4 is 14.2 Å². The van der Waals surface area contributed by atoms with Crippen LogP contribution in [0.15, 0.2) is 42.0 Å². The minimum atomic E-state index is -0.795. The maximum atomic E-state index is 13.5. The highest BCUT2D eigenvalue weighted by molar-refractivity contribution is 6.46. The number of Topliss-reactive ketones (excluding diaryl/α,β-unsaturated/α-hetero) is 1. The molecule has 2 saturated heterocycles. The number of carbonyl (C=O) groups excluding carboxylic acids is 2. The van der Waals surface area contributed by atoms with Crippen LogP contribution in [-0.4, -0.2) is 60.8 Å². The number of nitrogens with zero attached hydrogens (tertiary/aromatic N) is 1. The molecule has 3 atom stereocenters. The van der Waals surface area contributed by atoms with Crippen molar-refractivity contribution in [1.82, 2.24) is 4.90 Å². The largest absolute Gasteiger partial charge is 0.507 e. The molecule has 8 nitrogen and oxygen atoms in total. The molecule has 2 fully saturated rings. The lowest BCUT2D eigenvalue weighted by Crippen LogP contribution is -2.36. The number of hydrogen-bond donors (Lipinski definition) is 1. The Morgan fingerprint density at radius 2 is 1.97 bits per heavy atom. The van der Waals surface area contributed by atoms with Crippen LogP contribution in [0.25, 0.3) is 5.76 Å². The maximum Gasteiger partial charge on any atom is 0.295 e. The SMILES string of the molecule is COc1cc(C2C(=C(O)c3ccc4c(c3)CC(C)O4)C(=O)C(=O)N2CC2CCCO2)ccc1OCCC(C)C. The van der Waals surface area contributed by atoms with E-state index >= 15 is 0 Å². The summed E-state index contributed by atoms with van der Waals surface area (Å²) in [6.45, 7) is 7.69. The van der Waals surface area contributed by atoms with E-state index in [9.17, 15) is 14.7 Å². The standard InChI is InChI=1S/C31H37NO7/c1-18(2)11-13-38-25-10-7-20(16-26(25)36-4)28-27(30(34)31(35)32(28)17-23-6-5-12-37-23)29(33)21-8-9-24-22(15-21)14-19(3)39-24/h7-10,15-16,18-19,23,28,33H,5-6,11-14,17H2,1-4H3. The van der Waals surface area contributed by atoms with Gasteiger partial charge in [0.15, 0.2) is 11.5 Å². The molecule has 2 aromatic rings. The molecule has 3 aliphatic heterocycles. The molecule has 0 radical (unpaired) electrons. The van der Waals surface area contributed by atoms with Crippen LogP contribution in [0.2, 0.25) is 0 Å². The average Bonchev–Trinajstić information content (AvgIpc) is 3.62. The van der Waals surface area contributed by atoms with Crippen LogP contribution in [0.3, 0.4) is 0 Å². The maximum absolute atomic E-state index is 13.5. The fraction of sp³-hybridized carbons (Fsp3) is 0.484. The van der Waals surface area contributed by atoms with Crippen molar-refractivity contribution in [3.8, 4) is 17.2 Å². The Labute approximate surface area is 229 Å². The van der Waals surface area contributed by atoms with E-state index in [1.54, 1.807) is 31.4 Å². The molecule has 8 heteroatoms. The van der Waals surface area contributed by atoms with Crippen LogP contribution in [0.1, 0.15) is 62.8 Å². The Kier molecular flexibility index (Phi) is 7.84. The number of carbonyl (C=O) groups is 2. The molecule has 39 heavy (non-hydrogen) atoms. The molecule has 0 bridgehead atoms. The van der Waals surface area contributed by atoms with Gasteiger partial charge in [-0.05, 0) is 73.6 Å². The third-order valence-electron chi connectivity index (χ3n) is 7.59. The molecule has 0 spiro atoms. The summed E-state index contributed by atoms with van der Waals surface area (Å²) in [5.41, 5.74) is 2.15. The first-order chi connectivity index (χ1) is 18.8. The molecule has 2 aromatic carbocycles. The van der Waals surface area contributed by atoms with E-state index < -0.39 is 17.7 Å². The molecule has 1 amide bonds. The third-order valence-corrected chi connectivity index (χ3v) is 7.59. The van der Waals surface area contributed by atoms with Crippen molar-refractivity contribution >= 4 is 17.4 Å². The van der Waals surface area contributed by atoms with Crippen molar-refractivity contribution in [3.05, 3.63) is 58.7 Å². The monoisotopic (exact) mass is 535 g/mol. The van der Waals surface area contributed by atoms with Crippen LogP contribution in [-0.2, 0) is 20.7 Å². The normalized spacial score (nSPS) is 23.8. The predicted octanol–water partition coefficient (Wildman–Crippen LogP) is 5.04. The summed E-state index contributed by atoms with van der Waals surface area (Å²) >= 11 is 0. The summed E-state index contributed by atoms with van der Waals surface area (Å²) in [5, 5.41) is 11.5. The molecule has 0 saturated carbocycles. The summed E-state index contributed by atoms with van der Waals surface area (Å²) in [5.74, 6) is 0.803. The van der Waals surface area contributed by atoms with Gasteiger partial charge in [-0.3, -0.25) is 9.59 Å². The van der Waals surface area contributed by atoms with E-state index in [-0.39, 0.29) is 30.1 Å². The van der Waals surface area contributed by atoms with E-state index in [1.807, 2.05) is 19.1 Å². The number of aliphatic hydroxyl groups is 1. The third kappa shape index (κ3) is 5.48.